The van der Waals surface area contributed by atoms with Crippen molar-refractivity contribution < 1.29 is 5.11 Å². The molecule has 3 aromatic rings. The van der Waals surface area contributed by atoms with Crippen LogP contribution in [0.1, 0.15) is 16.8 Å². The van der Waals surface area contributed by atoms with E-state index in [1.54, 1.807) is 42.9 Å². The van der Waals surface area contributed by atoms with Gasteiger partial charge in [0.15, 0.2) is 0 Å². The van der Waals surface area contributed by atoms with Crippen molar-refractivity contribution in [3.8, 4) is 12.1 Å². The van der Waals surface area contributed by atoms with Gasteiger partial charge in [0.25, 0.3) is 0 Å². The Hall–Kier alpha value is -3.82. The van der Waals surface area contributed by atoms with Crippen molar-refractivity contribution in [2.75, 3.05) is 12.3 Å². The SMILES string of the molecule is Cn1c(=O)n(C)c2cc(/C=C(\C#N)c3nn(CCO)c(N)c3C#N)ccc21. The quantitative estimate of drug-likeness (QED) is 0.650. The third kappa shape index (κ3) is 2.86. The Morgan fingerprint density at radius 2 is 2.00 bits per heavy atom. The summed E-state index contributed by atoms with van der Waals surface area (Å²) in [5.41, 5.74) is 8.33. The predicted octanol–water partition coefficient (Wildman–Crippen LogP) is 0.584. The summed E-state index contributed by atoms with van der Waals surface area (Å²) in [4.78, 5) is 12.1. The second kappa shape index (κ2) is 6.83. The number of imidazole rings is 1. The Labute approximate surface area is 154 Å². The Balaban J connectivity index is 2.16. The molecule has 0 saturated carbocycles. The van der Waals surface area contributed by atoms with E-state index in [-0.39, 0.29) is 41.5 Å². The number of hydrogen-bond donors (Lipinski definition) is 2. The summed E-state index contributed by atoms with van der Waals surface area (Å²) in [6.07, 6.45) is 1.59. The fourth-order valence-electron chi connectivity index (χ4n) is 2.97. The van der Waals surface area contributed by atoms with E-state index in [9.17, 15) is 15.3 Å². The van der Waals surface area contributed by atoms with E-state index in [0.29, 0.717) is 5.56 Å². The number of aromatic nitrogens is 4. The lowest BCUT2D eigenvalue weighted by atomic mass is 10.1. The molecule has 0 unspecified atom stereocenters. The van der Waals surface area contributed by atoms with Gasteiger partial charge in [-0.1, -0.05) is 6.07 Å². The summed E-state index contributed by atoms with van der Waals surface area (Å²) in [5.74, 6) is 0.101. The van der Waals surface area contributed by atoms with Crippen molar-refractivity contribution in [2.24, 2.45) is 14.1 Å². The van der Waals surface area contributed by atoms with Crippen LogP contribution in [0.15, 0.2) is 23.0 Å². The van der Waals surface area contributed by atoms with Crippen LogP contribution in [0.25, 0.3) is 22.7 Å². The van der Waals surface area contributed by atoms with Gasteiger partial charge >= 0.3 is 5.69 Å². The number of nitrogens with zero attached hydrogens (tertiary/aromatic N) is 6. The van der Waals surface area contributed by atoms with Crippen molar-refractivity contribution in [3.63, 3.8) is 0 Å². The van der Waals surface area contributed by atoms with Crippen LogP contribution in [-0.2, 0) is 20.6 Å². The fraction of sp³-hybridized carbons (Fsp3) is 0.222. The van der Waals surface area contributed by atoms with Crippen LogP contribution < -0.4 is 11.4 Å². The lowest BCUT2D eigenvalue weighted by molar-refractivity contribution is 0.270. The molecule has 0 bridgehead atoms. The zero-order valence-corrected chi connectivity index (χ0v) is 14.8. The van der Waals surface area contributed by atoms with Crippen LogP contribution in [0.2, 0.25) is 0 Å². The highest BCUT2D eigenvalue weighted by molar-refractivity contribution is 5.92. The van der Waals surface area contributed by atoms with Crippen molar-refractivity contribution in [1.82, 2.24) is 18.9 Å². The summed E-state index contributed by atoms with van der Waals surface area (Å²) < 4.78 is 4.36. The molecule has 136 valence electrons. The molecule has 9 nitrogen and oxygen atoms in total. The van der Waals surface area contributed by atoms with Gasteiger partial charge in [0, 0.05) is 14.1 Å². The first-order valence-corrected chi connectivity index (χ1v) is 8.07. The Bertz CT molecular complexity index is 1210. The van der Waals surface area contributed by atoms with Crippen LogP contribution >= 0.6 is 0 Å². The molecule has 0 atom stereocenters. The van der Waals surface area contributed by atoms with Crippen LogP contribution in [0.3, 0.4) is 0 Å². The number of anilines is 1. The Morgan fingerprint density at radius 1 is 1.30 bits per heavy atom. The van der Waals surface area contributed by atoms with Crippen LogP contribution in [0, 0.1) is 22.7 Å². The van der Waals surface area contributed by atoms with Gasteiger partial charge in [-0.25, -0.2) is 9.48 Å². The lowest BCUT2D eigenvalue weighted by Gasteiger charge is -2.00. The van der Waals surface area contributed by atoms with E-state index in [1.807, 2.05) is 12.1 Å². The average molecular weight is 363 g/mol. The zero-order chi connectivity index (χ0) is 19.7. The number of aliphatic hydroxyl groups excluding tert-OH is 1. The number of allylic oxidation sites excluding steroid dienone is 1. The molecule has 0 radical (unpaired) electrons. The largest absolute Gasteiger partial charge is 0.394 e. The van der Waals surface area contributed by atoms with Gasteiger partial charge in [0.05, 0.1) is 29.8 Å². The minimum absolute atomic E-state index is 0.0874. The fourth-order valence-corrected chi connectivity index (χ4v) is 2.97. The first-order chi connectivity index (χ1) is 12.9. The number of rotatable bonds is 4. The summed E-state index contributed by atoms with van der Waals surface area (Å²) in [6, 6.07) is 9.36. The van der Waals surface area contributed by atoms with Crippen LogP contribution in [-0.4, -0.2) is 30.6 Å². The highest BCUT2D eigenvalue weighted by Crippen LogP contribution is 2.25. The van der Waals surface area contributed by atoms with Crippen molar-refractivity contribution >= 4 is 28.5 Å². The molecule has 9 heteroatoms. The first kappa shape index (κ1) is 18.0. The Kier molecular flexibility index (Phi) is 4.55. The summed E-state index contributed by atoms with van der Waals surface area (Å²) in [5, 5.41) is 32.2. The van der Waals surface area contributed by atoms with E-state index in [4.69, 9.17) is 10.8 Å². The topological polar surface area (TPSA) is 139 Å². The lowest BCUT2D eigenvalue weighted by Crippen LogP contribution is -2.19. The van der Waals surface area contributed by atoms with Gasteiger partial charge in [-0.2, -0.15) is 15.6 Å². The van der Waals surface area contributed by atoms with E-state index in [0.717, 1.165) is 11.0 Å². The van der Waals surface area contributed by atoms with Gasteiger partial charge in [-0.05, 0) is 23.8 Å². The van der Waals surface area contributed by atoms with Crippen molar-refractivity contribution in [1.29, 1.82) is 10.5 Å². The predicted molar refractivity (Wildman–Crippen MR) is 100 cm³/mol. The molecule has 0 aliphatic heterocycles. The van der Waals surface area contributed by atoms with Gasteiger partial charge in [-0.15, -0.1) is 0 Å². The molecule has 3 N–H and O–H groups in total. The number of hydrogen-bond acceptors (Lipinski definition) is 6. The highest BCUT2D eigenvalue weighted by atomic mass is 16.3. The van der Waals surface area contributed by atoms with Crippen LogP contribution in [0.5, 0.6) is 0 Å². The molecule has 3 rings (SSSR count). The molecule has 0 saturated heterocycles. The summed E-state index contributed by atoms with van der Waals surface area (Å²) >= 11 is 0. The number of benzene rings is 1. The first-order valence-electron chi connectivity index (χ1n) is 8.07. The van der Waals surface area contributed by atoms with Gasteiger partial charge in [0.1, 0.15) is 29.2 Å². The number of fused-ring (bicyclic) bond motifs is 1. The number of nitrogen functional groups attached to an aromatic ring is 1. The molecule has 0 spiro atoms. The second-order valence-electron chi connectivity index (χ2n) is 5.99. The normalized spacial score (nSPS) is 11.5. The maximum Gasteiger partial charge on any atom is 0.328 e. The molecule has 2 aromatic heterocycles. The minimum atomic E-state index is -0.194. The summed E-state index contributed by atoms with van der Waals surface area (Å²) in [7, 11) is 3.37. The average Bonchev–Trinajstić information content (AvgIpc) is 3.09. The number of nitriles is 2. The molecular weight excluding hydrogens is 346 g/mol. The Morgan fingerprint density at radius 3 is 2.63 bits per heavy atom. The maximum absolute atomic E-state index is 12.1. The molecule has 2 heterocycles. The molecule has 0 amide bonds. The maximum atomic E-state index is 12.1. The monoisotopic (exact) mass is 363 g/mol. The standard InChI is InChI=1S/C18H17N7O2/c1-23-14-4-3-11(8-15(14)24(2)18(23)27)7-12(9-19)16-13(10-20)17(21)25(22-16)5-6-26/h3-4,7-8,26H,5-6,21H2,1-2H3/b12-7+. The van der Waals surface area contributed by atoms with E-state index in [2.05, 4.69) is 5.10 Å². The molecule has 0 aliphatic carbocycles. The minimum Gasteiger partial charge on any atom is -0.394 e. The van der Waals surface area contributed by atoms with E-state index < -0.39 is 0 Å². The molecule has 27 heavy (non-hydrogen) atoms. The van der Waals surface area contributed by atoms with Gasteiger partial charge in [-0.3, -0.25) is 9.13 Å². The number of aliphatic hydroxyl groups is 1. The summed E-state index contributed by atoms with van der Waals surface area (Å²) in [6.45, 7) is -0.0716. The highest BCUT2D eigenvalue weighted by Gasteiger charge is 2.19. The molecular formula is C18H17N7O2. The number of nitrogens with two attached hydrogens (primary N) is 1. The zero-order valence-electron chi connectivity index (χ0n) is 14.8. The number of aryl methyl sites for hydroxylation is 2. The molecule has 1 aromatic carbocycles. The molecule has 0 aliphatic rings. The van der Waals surface area contributed by atoms with E-state index >= 15 is 0 Å². The third-order valence-electron chi connectivity index (χ3n) is 4.40. The molecule has 0 fully saturated rings. The van der Waals surface area contributed by atoms with Crippen LogP contribution in [0.4, 0.5) is 5.82 Å². The van der Waals surface area contributed by atoms with Gasteiger partial charge < -0.3 is 10.8 Å². The van der Waals surface area contributed by atoms with E-state index in [1.165, 1.54) is 9.25 Å². The third-order valence-corrected chi connectivity index (χ3v) is 4.40. The van der Waals surface area contributed by atoms with Crippen molar-refractivity contribution in [2.45, 2.75) is 6.54 Å². The second-order valence-corrected chi connectivity index (χ2v) is 5.99. The van der Waals surface area contributed by atoms with Crippen molar-refractivity contribution in [3.05, 3.63) is 45.5 Å². The smallest absolute Gasteiger partial charge is 0.328 e. The van der Waals surface area contributed by atoms with Gasteiger partial charge in [0.2, 0.25) is 0 Å².